The van der Waals surface area contributed by atoms with Crippen LogP contribution in [0.3, 0.4) is 0 Å². The number of anilines is 1. The van der Waals surface area contributed by atoms with Crippen molar-refractivity contribution in [2.45, 2.75) is 25.1 Å². The topological polar surface area (TPSA) is 67.5 Å². The van der Waals surface area contributed by atoms with Crippen LogP contribution in [0.2, 0.25) is 0 Å². The molecule has 3 rings (SSSR count). The lowest BCUT2D eigenvalue weighted by Crippen LogP contribution is -2.28. The van der Waals surface area contributed by atoms with Crippen molar-refractivity contribution in [2.75, 3.05) is 11.1 Å². The van der Waals surface area contributed by atoms with E-state index >= 15 is 0 Å². The summed E-state index contributed by atoms with van der Waals surface area (Å²) >= 11 is 1.46. The molecule has 0 bridgehead atoms. The number of amidine groups is 1. The van der Waals surface area contributed by atoms with E-state index in [1.165, 1.54) is 11.8 Å². The summed E-state index contributed by atoms with van der Waals surface area (Å²) in [4.78, 5) is 16.9. The van der Waals surface area contributed by atoms with Crippen molar-refractivity contribution in [1.82, 2.24) is 0 Å². The lowest BCUT2D eigenvalue weighted by atomic mass is 9.89. The molecule has 0 saturated carbocycles. The van der Waals surface area contributed by atoms with Crippen LogP contribution in [-0.2, 0) is 11.7 Å². The number of aliphatic imine (C=N–C) groups is 1. The van der Waals surface area contributed by atoms with Crippen LogP contribution < -0.4 is 11.1 Å². The van der Waals surface area contributed by atoms with Gasteiger partial charge in [0.25, 0.3) is 5.91 Å². The number of rotatable bonds is 3. The van der Waals surface area contributed by atoms with Gasteiger partial charge in [0.1, 0.15) is 5.82 Å². The van der Waals surface area contributed by atoms with E-state index in [1.807, 2.05) is 13.0 Å². The zero-order valence-electron chi connectivity index (χ0n) is 14.8. The third-order valence-corrected chi connectivity index (χ3v) is 5.22. The molecule has 0 aromatic heterocycles. The maximum atomic E-state index is 13.5. The summed E-state index contributed by atoms with van der Waals surface area (Å²) in [6.45, 7) is 1.92. The molecule has 2 aromatic rings. The molecule has 0 aliphatic carbocycles. The molecule has 1 amide bonds. The van der Waals surface area contributed by atoms with Crippen LogP contribution in [-0.4, -0.2) is 16.8 Å². The summed E-state index contributed by atoms with van der Waals surface area (Å²) in [6, 6.07) is 8.56. The SMILES string of the molecule is CC1(c2cccc(NC(=O)c3cc(F)cc(C(F)(F)F)c3)c2)CCSC(N)=N1. The van der Waals surface area contributed by atoms with Crippen molar-refractivity contribution in [1.29, 1.82) is 0 Å². The molecule has 0 fully saturated rings. The standard InChI is InChI=1S/C19H17F4N3OS/c1-18(5-6-28-17(24)26-18)12-3-2-4-15(10-12)25-16(27)11-7-13(19(21,22)23)9-14(20)8-11/h2-4,7-10H,5-6H2,1H3,(H2,24,26)(H,25,27). The van der Waals surface area contributed by atoms with Crippen molar-refractivity contribution in [3.05, 3.63) is 65.0 Å². The second-order valence-electron chi connectivity index (χ2n) is 6.58. The first kappa shape index (κ1) is 20.2. The van der Waals surface area contributed by atoms with E-state index in [0.717, 1.165) is 23.8 Å². The molecule has 0 saturated heterocycles. The van der Waals surface area contributed by atoms with Crippen LogP contribution in [0.5, 0.6) is 0 Å². The molecule has 2 aromatic carbocycles. The molecular formula is C19H17F4N3OS. The van der Waals surface area contributed by atoms with Gasteiger partial charge in [0.2, 0.25) is 0 Å². The Kier molecular flexibility index (Phi) is 5.38. The smallest absolute Gasteiger partial charge is 0.379 e. The van der Waals surface area contributed by atoms with Gasteiger partial charge in [-0.1, -0.05) is 23.9 Å². The molecule has 3 N–H and O–H groups in total. The van der Waals surface area contributed by atoms with Crippen molar-refractivity contribution in [2.24, 2.45) is 10.7 Å². The Bertz CT molecular complexity index is 945. The highest BCUT2D eigenvalue weighted by Gasteiger charge is 2.32. The van der Waals surface area contributed by atoms with Gasteiger partial charge in [0.05, 0.1) is 11.1 Å². The van der Waals surface area contributed by atoms with E-state index in [9.17, 15) is 22.4 Å². The lowest BCUT2D eigenvalue weighted by Gasteiger charge is -2.30. The third-order valence-electron chi connectivity index (χ3n) is 4.43. The van der Waals surface area contributed by atoms with Crippen molar-refractivity contribution in [3.63, 3.8) is 0 Å². The van der Waals surface area contributed by atoms with E-state index in [-0.39, 0.29) is 0 Å². The van der Waals surface area contributed by atoms with E-state index in [4.69, 9.17) is 5.73 Å². The Morgan fingerprint density at radius 1 is 1.25 bits per heavy atom. The number of amides is 1. The van der Waals surface area contributed by atoms with Crippen molar-refractivity contribution in [3.8, 4) is 0 Å². The minimum absolute atomic E-state index is 0.349. The Balaban J connectivity index is 1.86. The Labute approximate surface area is 163 Å². The number of hydrogen-bond acceptors (Lipinski definition) is 4. The highest BCUT2D eigenvalue weighted by atomic mass is 32.2. The lowest BCUT2D eigenvalue weighted by molar-refractivity contribution is -0.137. The summed E-state index contributed by atoms with van der Waals surface area (Å²) in [5.41, 5.74) is 4.81. The normalized spacial score (nSPS) is 19.8. The summed E-state index contributed by atoms with van der Waals surface area (Å²) in [5, 5.41) is 2.99. The average Bonchev–Trinajstić information content (AvgIpc) is 2.60. The first-order valence-electron chi connectivity index (χ1n) is 8.35. The molecule has 28 heavy (non-hydrogen) atoms. The van der Waals surface area contributed by atoms with Gasteiger partial charge in [0.15, 0.2) is 5.17 Å². The number of nitrogens with one attached hydrogen (secondary N) is 1. The summed E-state index contributed by atoms with van der Waals surface area (Å²) in [7, 11) is 0. The number of hydrogen-bond donors (Lipinski definition) is 2. The fourth-order valence-electron chi connectivity index (χ4n) is 2.91. The molecule has 1 heterocycles. The molecule has 1 atom stereocenters. The predicted octanol–water partition coefficient (Wildman–Crippen LogP) is 4.76. The van der Waals surface area contributed by atoms with E-state index in [1.54, 1.807) is 18.2 Å². The van der Waals surface area contributed by atoms with E-state index in [0.29, 0.717) is 23.0 Å². The number of alkyl halides is 3. The average molecular weight is 411 g/mol. The number of nitrogens with two attached hydrogens (primary N) is 1. The second-order valence-corrected chi connectivity index (χ2v) is 7.70. The fraction of sp³-hybridized carbons (Fsp3) is 0.263. The Hall–Kier alpha value is -2.55. The molecule has 1 aliphatic heterocycles. The molecule has 9 heteroatoms. The first-order valence-corrected chi connectivity index (χ1v) is 9.33. The Morgan fingerprint density at radius 2 is 2.00 bits per heavy atom. The van der Waals surface area contributed by atoms with Crippen molar-refractivity contribution >= 4 is 28.5 Å². The molecule has 0 radical (unpaired) electrons. The molecule has 0 spiro atoms. The quantitative estimate of drug-likeness (QED) is 0.716. The summed E-state index contributed by atoms with van der Waals surface area (Å²) < 4.78 is 52.1. The van der Waals surface area contributed by atoms with Crippen LogP contribution in [0.25, 0.3) is 0 Å². The highest BCUT2D eigenvalue weighted by Crippen LogP contribution is 2.36. The van der Waals surface area contributed by atoms with Gasteiger partial charge in [-0.25, -0.2) is 4.39 Å². The van der Waals surface area contributed by atoms with Crippen LogP contribution in [0.15, 0.2) is 47.5 Å². The van der Waals surface area contributed by atoms with Gasteiger partial charge in [0, 0.05) is 17.0 Å². The number of carbonyl (C=O) groups is 1. The monoisotopic (exact) mass is 411 g/mol. The van der Waals surface area contributed by atoms with Gasteiger partial charge in [-0.2, -0.15) is 13.2 Å². The number of benzene rings is 2. The zero-order chi connectivity index (χ0) is 20.5. The number of carbonyl (C=O) groups excluding carboxylic acids is 1. The molecule has 4 nitrogen and oxygen atoms in total. The van der Waals surface area contributed by atoms with Gasteiger partial charge in [-0.3, -0.25) is 9.79 Å². The predicted molar refractivity (Wildman–Crippen MR) is 102 cm³/mol. The molecule has 1 aliphatic rings. The minimum atomic E-state index is -4.75. The number of halogens is 4. The second kappa shape index (κ2) is 7.46. The van der Waals surface area contributed by atoms with Gasteiger partial charge < -0.3 is 11.1 Å². The largest absolute Gasteiger partial charge is 0.416 e. The summed E-state index contributed by atoms with van der Waals surface area (Å²) in [6.07, 6.45) is -4.00. The van der Waals surface area contributed by atoms with Crippen LogP contribution >= 0.6 is 11.8 Å². The van der Waals surface area contributed by atoms with E-state index in [2.05, 4.69) is 10.3 Å². The fourth-order valence-corrected chi connectivity index (χ4v) is 3.89. The van der Waals surface area contributed by atoms with Crippen LogP contribution in [0.1, 0.15) is 34.8 Å². The number of thioether (sulfide) groups is 1. The van der Waals surface area contributed by atoms with E-state index < -0.39 is 34.6 Å². The minimum Gasteiger partial charge on any atom is -0.379 e. The molecule has 1 unspecified atom stereocenters. The van der Waals surface area contributed by atoms with Gasteiger partial charge in [-0.15, -0.1) is 0 Å². The molecular weight excluding hydrogens is 394 g/mol. The Morgan fingerprint density at radius 3 is 2.68 bits per heavy atom. The van der Waals surface area contributed by atoms with Gasteiger partial charge >= 0.3 is 6.18 Å². The van der Waals surface area contributed by atoms with Crippen LogP contribution in [0, 0.1) is 5.82 Å². The van der Waals surface area contributed by atoms with Gasteiger partial charge in [-0.05, 0) is 49.2 Å². The summed E-state index contributed by atoms with van der Waals surface area (Å²) in [5.74, 6) is -1.17. The number of nitrogens with zero attached hydrogens (tertiary/aromatic N) is 1. The van der Waals surface area contributed by atoms with Crippen molar-refractivity contribution < 1.29 is 22.4 Å². The third kappa shape index (κ3) is 4.46. The zero-order valence-corrected chi connectivity index (χ0v) is 15.6. The highest BCUT2D eigenvalue weighted by molar-refractivity contribution is 8.13. The maximum Gasteiger partial charge on any atom is 0.416 e. The maximum absolute atomic E-state index is 13.5. The van der Waals surface area contributed by atoms with Crippen LogP contribution in [0.4, 0.5) is 23.2 Å². The first-order chi connectivity index (χ1) is 13.1. The molecule has 148 valence electrons.